The predicted octanol–water partition coefficient (Wildman–Crippen LogP) is 2.57. The van der Waals surface area contributed by atoms with E-state index >= 15 is 0 Å². The summed E-state index contributed by atoms with van der Waals surface area (Å²) in [6, 6.07) is 8.89. The molecule has 2 aliphatic rings. The van der Waals surface area contributed by atoms with E-state index in [0.29, 0.717) is 6.04 Å². The highest BCUT2D eigenvalue weighted by molar-refractivity contribution is 7.99. The van der Waals surface area contributed by atoms with Gasteiger partial charge in [0.1, 0.15) is 18.0 Å². The number of anilines is 2. The Morgan fingerprint density at radius 2 is 1.89 bits per heavy atom. The zero-order valence-corrected chi connectivity index (χ0v) is 17.5. The van der Waals surface area contributed by atoms with Crippen LogP contribution in [0.4, 0.5) is 11.6 Å². The first-order valence-corrected chi connectivity index (χ1v) is 11.4. The van der Waals surface area contributed by atoms with Crippen LogP contribution in [-0.4, -0.2) is 77.2 Å². The van der Waals surface area contributed by atoms with Crippen LogP contribution in [0.15, 0.2) is 36.8 Å². The van der Waals surface area contributed by atoms with Gasteiger partial charge in [0.2, 0.25) is 0 Å². The zero-order chi connectivity index (χ0) is 19.2. The number of nitrogens with zero attached hydrogens (tertiary/aromatic N) is 6. The van der Waals surface area contributed by atoms with Gasteiger partial charge in [0.05, 0.1) is 0 Å². The van der Waals surface area contributed by atoms with Gasteiger partial charge < -0.3 is 14.7 Å². The summed E-state index contributed by atoms with van der Waals surface area (Å²) in [5, 5.41) is 0. The van der Waals surface area contributed by atoms with E-state index in [9.17, 15) is 0 Å². The van der Waals surface area contributed by atoms with Crippen LogP contribution >= 0.6 is 11.8 Å². The van der Waals surface area contributed by atoms with Crippen molar-refractivity contribution >= 4 is 23.4 Å². The Hall–Kier alpha value is -1.86. The highest BCUT2D eigenvalue weighted by Gasteiger charge is 2.24. The van der Waals surface area contributed by atoms with Crippen LogP contribution in [0.3, 0.4) is 0 Å². The van der Waals surface area contributed by atoms with Gasteiger partial charge in [-0.1, -0.05) is 6.07 Å². The largest absolute Gasteiger partial charge is 0.356 e. The lowest BCUT2D eigenvalue weighted by Crippen LogP contribution is -2.44. The Kier molecular flexibility index (Phi) is 6.65. The summed E-state index contributed by atoms with van der Waals surface area (Å²) in [7, 11) is 2.19. The molecule has 2 aromatic rings. The van der Waals surface area contributed by atoms with Gasteiger partial charge in [0, 0.05) is 81.7 Å². The maximum absolute atomic E-state index is 4.57. The highest BCUT2D eigenvalue weighted by Crippen LogP contribution is 2.24. The molecule has 28 heavy (non-hydrogen) atoms. The van der Waals surface area contributed by atoms with Crippen molar-refractivity contribution in [2.45, 2.75) is 25.3 Å². The molecular weight excluding hydrogens is 368 g/mol. The first kappa shape index (κ1) is 19.5. The smallest absolute Gasteiger partial charge is 0.134 e. The van der Waals surface area contributed by atoms with Gasteiger partial charge in [-0.05, 0) is 25.0 Å². The van der Waals surface area contributed by atoms with Gasteiger partial charge in [-0.15, -0.1) is 0 Å². The fourth-order valence-corrected chi connectivity index (χ4v) is 4.93. The Bertz CT molecular complexity index is 729. The van der Waals surface area contributed by atoms with Crippen LogP contribution in [0.25, 0.3) is 0 Å². The summed E-state index contributed by atoms with van der Waals surface area (Å²) >= 11 is 2.03. The molecule has 6 nitrogen and oxygen atoms in total. The van der Waals surface area contributed by atoms with E-state index in [0.717, 1.165) is 50.8 Å². The summed E-state index contributed by atoms with van der Waals surface area (Å²) in [6.07, 6.45) is 7.00. The predicted molar refractivity (Wildman–Crippen MR) is 117 cm³/mol. The average molecular weight is 399 g/mol. The molecule has 0 N–H and O–H groups in total. The Labute approximate surface area is 172 Å². The standard InChI is InChI=1S/C21H30N6S/c1-25(20-16-21(24-17-23-20)27-12-14-28-15-13-27)19-6-10-26(11-7-19)9-5-18-4-2-3-8-22-18/h2-4,8,16-17,19H,5-7,9-15H2,1H3. The fourth-order valence-electron chi connectivity index (χ4n) is 4.03. The minimum absolute atomic E-state index is 0.547. The molecule has 2 fully saturated rings. The number of hydrogen-bond donors (Lipinski definition) is 0. The van der Waals surface area contributed by atoms with E-state index < -0.39 is 0 Å². The molecule has 2 saturated heterocycles. The fraction of sp³-hybridized carbons (Fsp3) is 0.571. The van der Waals surface area contributed by atoms with Crippen LogP contribution in [0, 0.1) is 0 Å². The van der Waals surface area contributed by atoms with Crippen LogP contribution in [-0.2, 0) is 6.42 Å². The van der Waals surface area contributed by atoms with E-state index in [1.54, 1.807) is 6.33 Å². The number of thioether (sulfide) groups is 1. The van der Waals surface area contributed by atoms with Crippen LogP contribution in [0.2, 0.25) is 0 Å². The summed E-state index contributed by atoms with van der Waals surface area (Å²) < 4.78 is 0. The molecule has 0 spiro atoms. The number of hydrogen-bond acceptors (Lipinski definition) is 7. The summed E-state index contributed by atoms with van der Waals surface area (Å²) in [5.41, 5.74) is 1.19. The third-order valence-corrected chi connectivity index (χ3v) is 6.79. The minimum Gasteiger partial charge on any atom is -0.356 e. The molecule has 150 valence electrons. The first-order chi connectivity index (χ1) is 13.8. The van der Waals surface area contributed by atoms with Gasteiger partial charge in [-0.25, -0.2) is 9.97 Å². The van der Waals surface area contributed by atoms with Gasteiger partial charge in [-0.3, -0.25) is 4.98 Å². The molecule has 0 amide bonds. The van der Waals surface area contributed by atoms with E-state index in [1.807, 2.05) is 24.0 Å². The van der Waals surface area contributed by atoms with Gasteiger partial charge in [-0.2, -0.15) is 11.8 Å². The molecule has 0 atom stereocenters. The van der Waals surface area contributed by atoms with Crippen molar-refractivity contribution in [3.8, 4) is 0 Å². The van der Waals surface area contributed by atoms with E-state index in [-0.39, 0.29) is 0 Å². The summed E-state index contributed by atoms with van der Waals surface area (Å²) in [5.74, 6) is 4.50. The second-order valence-corrected chi connectivity index (χ2v) is 8.81. The molecule has 4 heterocycles. The van der Waals surface area contributed by atoms with Crippen LogP contribution in [0.1, 0.15) is 18.5 Å². The molecule has 0 radical (unpaired) electrons. The van der Waals surface area contributed by atoms with Crippen LogP contribution < -0.4 is 9.80 Å². The Morgan fingerprint density at radius 3 is 2.64 bits per heavy atom. The molecule has 0 unspecified atom stereocenters. The molecule has 4 rings (SSSR count). The SMILES string of the molecule is CN(c1cc(N2CCSCC2)ncn1)C1CCN(CCc2ccccn2)CC1. The second-order valence-electron chi connectivity index (χ2n) is 7.59. The third kappa shape index (κ3) is 4.94. The molecule has 0 aliphatic carbocycles. The molecule has 0 bridgehead atoms. The van der Waals surface area contributed by atoms with Crippen molar-refractivity contribution in [2.75, 3.05) is 61.1 Å². The summed E-state index contributed by atoms with van der Waals surface area (Å²) in [6.45, 7) is 5.54. The van der Waals surface area contributed by atoms with Crippen molar-refractivity contribution in [1.82, 2.24) is 19.9 Å². The van der Waals surface area contributed by atoms with Crippen molar-refractivity contribution in [3.05, 3.63) is 42.5 Å². The molecule has 0 saturated carbocycles. The van der Waals surface area contributed by atoms with E-state index in [4.69, 9.17) is 0 Å². The van der Waals surface area contributed by atoms with Crippen molar-refractivity contribution in [2.24, 2.45) is 0 Å². The zero-order valence-electron chi connectivity index (χ0n) is 16.7. The summed E-state index contributed by atoms with van der Waals surface area (Å²) in [4.78, 5) is 20.8. The quantitative estimate of drug-likeness (QED) is 0.741. The lowest BCUT2D eigenvalue weighted by Gasteiger charge is -2.37. The monoisotopic (exact) mass is 398 g/mol. The average Bonchev–Trinajstić information content (AvgIpc) is 2.79. The van der Waals surface area contributed by atoms with E-state index in [2.05, 4.69) is 54.9 Å². The van der Waals surface area contributed by atoms with Gasteiger partial charge >= 0.3 is 0 Å². The topological polar surface area (TPSA) is 48.4 Å². The minimum atomic E-state index is 0.547. The normalized spacial score (nSPS) is 19.0. The third-order valence-electron chi connectivity index (χ3n) is 5.85. The lowest BCUT2D eigenvalue weighted by atomic mass is 10.0. The highest BCUT2D eigenvalue weighted by atomic mass is 32.2. The maximum Gasteiger partial charge on any atom is 0.134 e. The number of rotatable bonds is 6. The van der Waals surface area contributed by atoms with Crippen LogP contribution in [0.5, 0.6) is 0 Å². The van der Waals surface area contributed by atoms with Gasteiger partial charge in [0.15, 0.2) is 0 Å². The lowest BCUT2D eigenvalue weighted by molar-refractivity contribution is 0.212. The van der Waals surface area contributed by atoms with Crippen molar-refractivity contribution in [3.63, 3.8) is 0 Å². The maximum atomic E-state index is 4.57. The Morgan fingerprint density at radius 1 is 1.07 bits per heavy atom. The van der Waals surface area contributed by atoms with Gasteiger partial charge in [0.25, 0.3) is 0 Å². The number of likely N-dealkylation sites (tertiary alicyclic amines) is 1. The Balaban J connectivity index is 1.29. The second kappa shape index (κ2) is 9.56. The van der Waals surface area contributed by atoms with Crippen molar-refractivity contribution < 1.29 is 0 Å². The van der Waals surface area contributed by atoms with Crippen molar-refractivity contribution in [1.29, 1.82) is 0 Å². The molecule has 7 heteroatoms. The van der Waals surface area contributed by atoms with E-state index in [1.165, 1.54) is 30.0 Å². The number of pyridine rings is 1. The molecule has 0 aromatic carbocycles. The first-order valence-electron chi connectivity index (χ1n) is 10.3. The molecule has 2 aliphatic heterocycles. The number of piperidine rings is 1. The molecule has 2 aromatic heterocycles. The molecular formula is C21H30N6S. The number of aromatic nitrogens is 3.